The zero-order valence-electron chi connectivity index (χ0n) is 16.8. The van der Waals surface area contributed by atoms with Crippen molar-refractivity contribution in [2.45, 2.75) is 40.0 Å². The Balaban J connectivity index is 1.68. The van der Waals surface area contributed by atoms with E-state index in [0.717, 1.165) is 16.8 Å². The molecule has 0 saturated heterocycles. The summed E-state index contributed by atoms with van der Waals surface area (Å²) in [4.78, 5) is 12.6. The minimum absolute atomic E-state index is 0.0246. The number of anilines is 1. The number of aromatic nitrogens is 6. The Hall–Kier alpha value is -3.55. The molecule has 8 heteroatoms. The van der Waals surface area contributed by atoms with Gasteiger partial charge in [-0.05, 0) is 56.5 Å². The van der Waals surface area contributed by atoms with Crippen molar-refractivity contribution in [3.8, 4) is 5.82 Å². The van der Waals surface area contributed by atoms with Crippen molar-refractivity contribution in [1.29, 1.82) is 0 Å². The van der Waals surface area contributed by atoms with Crippen LogP contribution in [0, 0.1) is 27.7 Å². The molecule has 8 nitrogen and oxygen atoms in total. The lowest BCUT2D eigenvalue weighted by molar-refractivity contribution is -0.116. The van der Waals surface area contributed by atoms with Crippen LogP contribution in [0.5, 0.6) is 0 Å². The lowest BCUT2D eigenvalue weighted by atomic mass is 9.84. The molecule has 146 valence electrons. The number of rotatable bonds is 2. The van der Waals surface area contributed by atoms with E-state index in [9.17, 15) is 4.79 Å². The number of benzene rings is 1. The third kappa shape index (κ3) is 2.71. The van der Waals surface area contributed by atoms with E-state index in [4.69, 9.17) is 5.10 Å². The molecular formula is C21H21N7O. The zero-order valence-corrected chi connectivity index (χ0v) is 16.8. The van der Waals surface area contributed by atoms with Gasteiger partial charge in [0.15, 0.2) is 17.3 Å². The molecule has 5 rings (SSSR count). The van der Waals surface area contributed by atoms with E-state index in [2.05, 4.69) is 52.7 Å². The van der Waals surface area contributed by atoms with Crippen LogP contribution < -0.4 is 5.32 Å². The van der Waals surface area contributed by atoms with Crippen molar-refractivity contribution in [3.05, 3.63) is 64.1 Å². The molecule has 4 aromatic rings. The third-order valence-electron chi connectivity index (χ3n) is 5.66. The standard InChI is InChI=1S/C21H21N7O/c1-11-5-6-15(9-12(11)2)16-10-19(29)22-21-20(16)13(3)25-28(21)18-8-7-17-24-23-14(4)27(17)26-18/h5-9,16H,10H2,1-4H3,(H,22,29). The highest BCUT2D eigenvalue weighted by atomic mass is 16.1. The molecule has 0 radical (unpaired) electrons. The molecule has 4 heterocycles. The molecular weight excluding hydrogens is 366 g/mol. The van der Waals surface area contributed by atoms with Gasteiger partial charge in [0.05, 0.1) is 5.69 Å². The Morgan fingerprint density at radius 3 is 2.62 bits per heavy atom. The van der Waals surface area contributed by atoms with Crippen LogP contribution in [-0.4, -0.2) is 35.5 Å². The van der Waals surface area contributed by atoms with Crippen molar-refractivity contribution >= 4 is 17.4 Å². The van der Waals surface area contributed by atoms with E-state index in [-0.39, 0.29) is 11.8 Å². The SMILES string of the molecule is Cc1ccc(C2CC(=O)Nc3c2c(C)nn3-c2ccc3nnc(C)n3n2)cc1C. The number of hydrogen-bond acceptors (Lipinski definition) is 5. The van der Waals surface area contributed by atoms with Crippen LogP contribution in [0.1, 0.15) is 46.1 Å². The van der Waals surface area contributed by atoms with Gasteiger partial charge in [-0.1, -0.05) is 18.2 Å². The first-order chi connectivity index (χ1) is 13.9. The number of carbonyl (C=O) groups is 1. The maximum absolute atomic E-state index is 12.6. The first-order valence-electron chi connectivity index (χ1n) is 9.58. The average molecular weight is 387 g/mol. The van der Waals surface area contributed by atoms with E-state index in [0.29, 0.717) is 29.5 Å². The molecule has 1 amide bonds. The minimum Gasteiger partial charge on any atom is -0.310 e. The van der Waals surface area contributed by atoms with E-state index < -0.39 is 0 Å². The minimum atomic E-state index is -0.0350. The highest BCUT2D eigenvalue weighted by Crippen LogP contribution is 2.40. The smallest absolute Gasteiger partial charge is 0.226 e. The number of carbonyl (C=O) groups excluding carboxylic acids is 1. The Bertz CT molecular complexity index is 1280. The summed E-state index contributed by atoms with van der Waals surface area (Å²) in [7, 11) is 0. The molecule has 1 aromatic carbocycles. The maximum atomic E-state index is 12.6. The molecule has 0 bridgehead atoms. The molecule has 1 aliphatic heterocycles. The van der Waals surface area contributed by atoms with Gasteiger partial charge in [-0.3, -0.25) is 4.79 Å². The summed E-state index contributed by atoms with van der Waals surface area (Å²) in [6.45, 7) is 8.01. The monoisotopic (exact) mass is 387 g/mol. The predicted molar refractivity (Wildman–Crippen MR) is 108 cm³/mol. The predicted octanol–water partition coefficient (Wildman–Crippen LogP) is 3.02. The highest BCUT2D eigenvalue weighted by molar-refractivity contribution is 5.95. The number of hydrogen-bond donors (Lipinski definition) is 1. The van der Waals surface area contributed by atoms with Gasteiger partial charge in [-0.2, -0.15) is 14.3 Å². The third-order valence-corrected chi connectivity index (χ3v) is 5.66. The molecule has 1 unspecified atom stereocenters. The van der Waals surface area contributed by atoms with Crippen LogP contribution >= 0.6 is 0 Å². The summed E-state index contributed by atoms with van der Waals surface area (Å²) >= 11 is 0. The number of aryl methyl sites for hydroxylation is 4. The summed E-state index contributed by atoms with van der Waals surface area (Å²) in [6, 6.07) is 10.1. The first-order valence-corrected chi connectivity index (χ1v) is 9.58. The second kappa shape index (κ2) is 6.23. The number of amides is 1. The first kappa shape index (κ1) is 17.5. The molecule has 29 heavy (non-hydrogen) atoms. The molecule has 0 aliphatic carbocycles. The van der Waals surface area contributed by atoms with Gasteiger partial charge in [0, 0.05) is 17.9 Å². The molecule has 1 atom stereocenters. The molecule has 3 aromatic heterocycles. The molecule has 0 fully saturated rings. The highest BCUT2D eigenvalue weighted by Gasteiger charge is 2.33. The van der Waals surface area contributed by atoms with Gasteiger partial charge in [0.1, 0.15) is 5.82 Å². The summed E-state index contributed by atoms with van der Waals surface area (Å²) in [6.07, 6.45) is 0.402. The van der Waals surface area contributed by atoms with Crippen molar-refractivity contribution in [2.24, 2.45) is 0 Å². The molecule has 0 spiro atoms. The second-order valence-corrected chi connectivity index (χ2v) is 7.62. The van der Waals surface area contributed by atoms with E-state index in [1.807, 2.05) is 26.0 Å². The maximum Gasteiger partial charge on any atom is 0.226 e. The Morgan fingerprint density at radius 1 is 1.00 bits per heavy atom. The van der Waals surface area contributed by atoms with Gasteiger partial charge in [-0.25, -0.2) is 0 Å². The second-order valence-electron chi connectivity index (χ2n) is 7.62. The van der Waals surface area contributed by atoms with Gasteiger partial charge in [-0.15, -0.1) is 15.3 Å². The van der Waals surface area contributed by atoms with Crippen LogP contribution in [0.2, 0.25) is 0 Å². The van der Waals surface area contributed by atoms with E-state index in [1.54, 1.807) is 9.20 Å². The average Bonchev–Trinajstić information content (AvgIpc) is 3.23. The van der Waals surface area contributed by atoms with E-state index in [1.165, 1.54) is 11.1 Å². The van der Waals surface area contributed by atoms with Gasteiger partial charge < -0.3 is 5.32 Å². The molecule has 0 saturated carbocycles. The van der Waals surface area contributed by atoms with Crippen LogP contribution in [0.25, 0.3) is 11.5 Å². The van der Waals surface area contributed by atoms with Crippen molar-refractivity contribution in [2.75, 3.05) is 5.32 Å². The summed E-state index contributed by atoms with van der Waals surface area (Å²) in [5.74, 6) is 1.91. The fourth-order valence-corrected chi connectivity index (χ4v) is 3.98. The Kier molecular flexibility index (Phi) is 3.77. The van der Waals surface area contributed by atoms with E-state index >= 15 is 0 Å². The number of fused-ring (bicyclic) bond motifs is 2. The normalized spacial score (nSPS) is 16.1. The van der Waals surface area contributed by atoms with Crippen LogP contribution in [0.4, 0.5) is 5.82 Å². The quantitative estimate of drug-likeness (QED) is 0.571. The largest absolute Gasteiger partial charge is 0.310 e. The van der Waals surface area contributed by atoms with Crippen molar-refractivity contribution < 1.29 is 4.79 Å². The number of nitrogens with one attached hydrogen (secondary N) is 1. The summed E-state index contributed by atoms with van der Waals surface area (Å²) < 4.78 is 3.37. The van der Waals surface area contributed by atoms with Crippen molar-refractivity contribution in [1.82, 2.24) is 29.6 Å². The zero-order chi connectivity index (χ0) is 20.3. The molecule has 1 N–H and O–H groups in total. The number of nitrogens with zero attached hydrogens (tertiary/aromatic N) is 6. The fraction of sp³-hybridized carbons (Fsp3) is 0.286. The fourth-order valence-electron chi connectivity index (χ4n) is 3.98. The Morgan fingerprint density at radius 2 is 1.83 bits per heavy atom. The van der Waals surface area contributed by atoms with Gasteiger partial charge >= 0.3 is 0 Å². The summed E-state index contributed by atoms with van der Waals surface area (Å²) in [5, 5.41) is 20.5. The van der Waals surface area contributed by atoms with Gasteiger partial charge in [0.2, 0.25) is 5.91 Å². The Labute approximate surface area is 167 Å². The van der Waals surface area contributed by atoms with Crippen LogP contribution in [-0.2, 0) is 4.79 Å². The van der Waals surface area contributed by atoms with Crippen LogP contribution in [0.3, 0.4) is 0 Å². The lowest BCUT2D eigenvalue weighted by Crippen LogP contribution is -2.25. The van der Waals surface area contributed by atoms with Gasteiger partial charge in [0.25, 0.3) is 0 Å². The lowest BCUT2D eigenvalue weighted by Gasteiger charge is -2.24. The van der Waals surface area contributed by atoms with Crippen LogP contribution in [0.15, 0.2) is 30.3 Å². The molecule has 1 aliphatic rings. The topological polar surface area (TPSA) is 90.0 Å². The van der Waals surface area contributed by atoms with Crippen molar-refractivity contribution in [3.63, 3.8) is 0 Å². The summed E-state index contributed by atoms with van der Waals surface area (Å²) in [5.41, 5.74) is 6.17.